The maximum Gasteiger partial charge on any atom is 0.303 e. The van der Waals surface area contributed by atoms with Crippen molar-refractivity contribution >= 4 is 29.7 Å². The van der Waals surface area contributed by atoms with Crippen molar-refractivity contribution in [1.82, 2.24) is 4.98 Å². The zero-order valence-electron chi connectivity index (χ0n) is 17.6. The number of ether oxygens (including phenoxy) is 4. The lowest BCUT2D eigenvalue weighted by Gasteiger charge is -2.39. The quantitative estimate of drug-likeness (QED) is 0.363. The fourth-order valence-electron chi connectivity index (χ4n) is 3.24. The predicted molar refractivity (Wildman–Crippen MR) is 113 cm³/mol. The van der Waals surface area contributed by atoms with Crippen molar-refractivity contribution in [3.63, 3.8) is 0 Å². The Morgan fingerprint density at radius 2 is 1.62 bits per heavy atom. The summed E-state index contributed by atoms with van der Waals surface area (Å²) in [6.45, 7) is 3.69. The Bertz CT molecular complexity index is 984. The minimum absolute atomic E-state index is 0.265. The highest BCUT2D eigenvalue weighted by atomic mass is 32.2. The van der Waals surface area contributed by atoms with Crippen LogP contribution in [0.4, 0.5) is 4.39 Å². The van der Waals surface area contributed by atoms with E-state index in [1.165, 1.54) is 44.8 Å². The van der Waals surface area contributed by atoms with Gasteiger partial charge in [0.25, 0.3) is 0 Å². The van der Waals surface area contributed by atoms with Gasteiger partial charge in [-0.25, -0.2) is 4.98 Å². The third-order valence-electron chi connectivity index (χ3n) is 4.45. The summed E-state index contributed by atoms with van der Waals surface area (Å²) >= 11 is 1.26. The molecule has 0 saturated carbocycles. The van der Waals surface area contributed by atoms with E-state index in [1.54, 1.807) is 24.3 Å². The lowest BCUT2D eigenvalue weighted by molar-refractivity contribution is -0.186. The Hall–Kier alpha value is -3.14. The molecular formula is C22H22FNO7S. The van der Waals surface area contributed by atoms with Crippen LogP contribution in [-0.4, -0.2) is 52.4 Å². The molecule has 10 heteroatoms. The van der Waals surface area contributed by atoms with Crippen molar-refractivity contribution in [2.24, 2.45) is 0 Å². The van der Waals surface area contributed by atoms with E-state index < -0.39 is 47.6 Å². The topological polar surface area (TPSA) is 101 Å². The number of carbonyl (C=O) groups excluding carboxylic acids is 3. The van der Waals surface area contributed by atoms with Gasteiger partial charge >= 0.3 is 17.9 Å². The first-order valence-corrected chi connectivity index (χ1v) is 10.8. The zero-order chi connectivity index (χ0) is 23.3. The molecule has 1 aliphatic heterocycles. The molecule has 1 aromatic carbocycles. The van der Waals surface area contributed by atoms with Gasteiger partial charge in [0.15, 0.2) is 23.7 Å². The van der Waals surface area contributed by atoms with Crippen LogP contribution in [0.2, 0.25) is 0 Å². The number of pyridine rings is 1. The summed E-state index contributed by atoms with van der Waals surface area (Å²) in [5.74, 6) is -1.62. The number of esters is 3. The summed E-state index contributed by atoms with van der Waals surface area (Å²) < 4.78 is 35.3. The minimum Gasteiger partial charge on any atom is -0.476 e. The molecule has 0 amide bonds. The lowest BCUT2D eigenvalue weighted by atomic mass is 10.1. The molecule has 2 heterocycles. The third-order valence-corrected chi connectivity index (χ3v) is 5.67. The average Bonchev–Trinajstić information content (AvgIpc) is 2.72. The molecule has 0 radical (unpaired) electrons. The van der Waals surface area contributed by atoms with Crippen molar-refractivity contribution < 1.29 is 37.7 Å². The first kappa shape index (κ1) is 23.5. The summed E-state index contributed by atoms with van der Waals surface area (Å²) in [6.07, 6.45) is -1.44. The fraction of sp³-hybridized carbons (Fsp3) is 0.364. The van der Waals surface area contributed by atoms with Gasteiger partial charge in [0.05, 0.1) is 0 Å². The van der Waals surface area contributed by atoms with Crippen LogP contribution in [0.5, 0.6) is 5.75 Å². The Labute approximate surface area is 188 Å². The van der Waals surface area contributed by atoms with Gasteiger partial charge in [-0.2, -0.15) is 4.39 Å². The second kappa shape index (κ2) is 10.4. The maximum absolute atomic E-state index is 13.1. The summed E-state index contributed by atoms with van der Waals surface area (Å²) in [6, 6.07) is 9.88. The van der Waals surface area contributed by atoms with Gasteiger partial charge in [-0.05, 0) is 29.8 Å². The van der Waals surface area contributed by atoms with Crippen LogP contribution in [0, 0.1) is 5.95 Å². The normalized spacial score (nSPS) is 22.5. The van der Waals surface area contributed by atoms with Gasteiger partial charge in [0, 0.05) is 38.3 Å². The van der Waals surface area contributed by atoms with Gasteiger partial charge in [-0.3, -0.25) is 14.4 Å². The van der Waals surface area contributed by atoms with E-state index in [2.05, 4.69) is 4.98 Å². The molecule has 1 saturated heterocycles. The van der Waals surface area contributed by atoms with Gasteiger partial charge in [-0.15, -0.1) is 11.8 Å². The van der Waals surface area contributed by atoms with E-state index in [0.29, 0.717) is 11.3 Å². The van der Waals surface area contributed by atoms with E-state index >= 15 is 0 Å². The van der Waals surface area contributed by atoms with Crippen LogP contribution >= 0.6 is 11.8 Å². The standard InChI is InChI=1S/C22H22FNO7S/c1-12(25)28-18-11-32-22(21(30-14(3)27)20(18)29-13(2)26)31-17-6-4-5-15(9-17)16-7-8-19(23)24-10-16/h4-10,18,20-22H,11H2,1-3H3/t18-,20+,21-,22+/m1/s1. The first-order chi connectivity index (χ1) is 15.2. The zero-order valence-corrected chi connectivity index (χ0v) is 18.5. The Balaban J connectivity index is 1.86. The number of nitrogens with zero attached hydrogens (tertiary/aromatic N) is 1. The van der Waals surface area contributed by atoms with Crippen LogP contribution < -0.4 is 4.74 Å². The van der Waals surface area contributed by atoms with Crippen LogP contribution in [0.3, 0.4) is 0 Å². The van der Waals surface area contributed by atoms with Crippen LogP contribution in [0.15, 0.2) is 42.6 Å². The van der Waals surface area contributed by atoms with Crippen molar-refractivity contribution in [3.05, 3.63) is 48.5 Å². The summed E-state index contributed by atoms with van der Waals surface area (Å²) in [5.41, 5.74) is 0.697. The third kappa shape index (κ3) is 6.19. The van der Waals surface area contributed by atoms with Crippen molar-refractivity contribution in [2.45, 2.75) is 44.5 Å². The number of halogens is 1. The molecule has 1 aromatic heterocycles. The monoisotopic (exact) mass is 463 g/mol. The first-order valence-electron chi connectivity index (χ1n) is 9.75. The van der Waals surface area contributed by atoms with Crippen molar-refractivity contribution in [3.8, 4) is 16.9 Å². The van der Waals surface area contributed by atoms with E-state index in [0.717, 1.165) is 5.56 Å². The number of hydrogen-bond acceptors (Lipinski definition) is 9. The van der Waals surface area contributed by atoms with E-state index in [-0.39, 0.29) is 5.75 Å². The molecule has 170 valence electrons. The second-order valence-electron chi connectivity index (χ2n) is 7.01. The predicted octanol–water partition coefficient (Wildman–Crippen LogP) is 3.13. The molecule has 32 heavy (non-hydrogen) atoms. The summed E-state index contributed by atoms with van der Waals surface area (Å²) in [7, 11) is 0. The van der Waals surface area contributed by atoms with E-state index in [9.17, 15) is 18.8 Å². The smallest absolute Gasteiger partial charge is 0.303 e. The van der Waals surface area contributed by atoms with Crippen LogP contribution in [-0.2, 0) is 28.6 Å². The van der Waals surface area contributed by atoms with Crippen molar-refractivity contribution in [1.29, 1.82) is 0 Å². The number of carbonyl (C=O) groups is 3. The fourth-order valence-corrected chi connectivity index (χ4v) is 4.46. The molecule has 0 unspecified atom stereocenters. The molecular weight excluding hydrogens is 441 g/mol. The maximum atomic E-state index is 13.1. The molecule has 8 nitrogen and oxygen atoms in total. The highest BCUT2D eigenvalue weighted by molar-refractivity contribution is 7.99. The van der Waals surface area contributed by atoms with Gasteiger partial charge in [-0.1, -0.05) is 12.1 Å². The molecule has 1 aliphatic rings. The lowest BCUT2D eigenvalue weighted by Crippen LogP contribution is -2.55. The molecule has 0 aliphatic carbocycles. The Morgan fingerprint density at radius 1 is 0.938 bits per heavy atom. The number of benzene rings is 1. The van der Waals surface area contributed by atoms with Gasteiger partial charge in [0.1, 0.15) is 5.75 Å². The minimum atomic E-state index is -1.03. The number of aromatic nitrogens is 1. The Kier molecular flexibility index (Phi) is 7.68. The molecule has 4 atom stereocenters. The largest absolute Gasteiger partial charge is 0.476 e. The molecule has 2 aromatic rings. The number of rotatable bonds is 6. The SMILES string of the molecule is CC(=O)O[C@@H]1[C@@H](OC(C)=O)[C@@H](Oc2cccc(-c3ccc(F)nc3)c2)SC[C@H]1OC(C)=O. The molecule has 3 rings (SSSR count). The number of hydrogen-bond donors (Lipinski definition) is 0. The van der Waals surface area contributed by atoms with Gasteiger partial charge in [0.2, 0.25) is 5.95 Å². The van der Waals surface area contributed by atoms with Crippen LogP contribution in [0.1, 0.15) is 20.8 Å². The molecule has 0 spiro atoms. The summed E-state index contributed by atoms with van der Waals surface area (Å²) in [5, 5.41) is 0. The number of thioether (sulfide) groups is 1. The molecule has 0 N–H and O–H groups in total. The highest BCUT2D eigenvalue weighted by Crippen LogP contribution is 2.35. The second-order valence-corrected chi connectivity index (χ2v) is 8.14. The van der Waals surface area contributed by atoms with Gasteiger partial charge < -0.3 is 18.9 Å². The van der Waals surface area contributed by atoms with E-state index in [1.807, 2.05) is 6.07 Å². The molecule has 1 fully saturated rings. The average molecular weight is 463 g/mol. The summed E-state index contributed by atoms with van der Waals surface area (Å²) in [4.78, 5) is 38.6. The van der Waals surface area contributed by atoms with Crippen molar-refractivity contribution in [2.75, 3.05) is 5.75 Å². The highest BCUT2D eigenvalue weighted by Gasteiger charge is 2.47. The van der Waals surface area contributed by atoms with E-state index in [4.69, 9.17) is 18.9 Å². The molecule has 0 bridgehead atoms. The Morgan fingerprint density at radius 3 is 2.25 bits per heavy atom. The van der Waals surface area contributed by atoms with Crippen LogP contribution in [0.25, 0.3) is 11.1 Å².